The maximum absolute atomic E-state index is 13.6. The van der Waals surface area contributed by atoms with Crippen LogP contribution in [0.5, 0.6) is 0 Å². The monoisotopic (exact) mass is 228 g/mol. The summed E-state index contributed by atoms with van der Waals surface area (Å²) in [7, 11) is 0. The lowest BCUT2D eigenvalue weighted by Gasteiger charge is -2.24. The van der Waals surface area contributed by atoms with Crippen molar-refractivity contribution in [2.24, 2.45) is 0 Å². The number of aliphatic carboxylic acids is 1. The van der Waals surface area contributed by atoms with Crippen molar-refractivity contribution in [3.05, 3.63) is 34.9 Å². The van der Waals surface area contributed by atoms with Crippen molar-refractivity contribution in [2.45, 2.75) is 32.6 Å². The molecule has 0 aliphatic rings. The molecule has 0 spiro atoms. The molecule has 0 unspecified atom stereocenters. The average Bonchev–Trinajstić information content (AvgIpc) is 1.96. The zero-order valence-corrected chi connectivity index (χ0v) is 9.47. The van der Waals surface area contributed by atoms with Gasteiger partial charge in [-0.25, -0.2) is 8.78 Å². The van der Waals surface area contributed by atoms with E-state index < -0.39 is 23.0 Å². The van der Waals surface area contributed by atoms with Crippen LogP contribution < -0.4 is 0 Å². The van der Waals surface area contributed by atoms with Crippen molar-refractivity contribution >= 4 is 5.97 Å². The molecule has 1 aromatic rings. The summed E-state index contributed by atoms with van der Waals surface area (Å²) in [6, 6.07) is 2.42. The minimum absolute atomic E-state index is 0.166. The summed E-state index contributed by atoms with van der Waals surface area (Å²) in [6.45, 7) is 4.61. The molecule has 4 heteroatoms. The summed E-state index contributed by atoms with van der Waals surface area (Å²) in [6.07, 6.45) is -0.316. The highest BCUT2D eigenvalue weighted by Gasteiger charge is 2.30. The second-order valence-corrected chi connectivity index (χ2v) is 4.56. The van der Waals surface area contributed by atoms with Crippen LogP contribution in [0.15, 0.2) is 12.1 Å². The van der Waals surface area contributed by atoms with Gasteiger partial charge in [0.1, 0.15) is 11.6 Å². The predicted molar refractivity (Wildman–Crippen MR) is 56.4 cm³/mol. The van der Waals surface area contributed by atoms with Gasteiger partial charge in [-0.15, -0.1) is 0 Å². The SMILES string of the molecule is Cc1cc(F)c(C(C)(C)CC(=O)O)c(F)c1. The average molecular weight is 228 g/mol. The first-order chi connectivity index (χ1) is 7.24. The lowest BCUT2D eigenvalue weighted by molar-refractivity contribution is -0.138. The van der Waals surface area contributed by atoms with E-state index in [-0.39, 0.29) is 12.0 Å². The summed E-state index contributed by atoms with van der Waals surface area (Å²) in [4.78, 5) is 10.6. The summed E-state index contributed by atoms with van der Waals surface area (Å²) >= 11 is 0. The van der Waals surface area contributed by atoms with Crippen LogP contribution in [0, 0.1) is 18.6 Å². The van der Waals surface area contributed by atoms with Gasteiger partial charge in [0, 0.05) is 11.0 Å². The summed E-state index contributed by atoms with van der Waals surface area (Å²) < 4.78 is 27.2. The molecule has 0 atom stereocenters. The third-order valence-electron chi connectivity index (χ3n) is 2.46. The van der Waals surface area contributed by atoms with E-state index in [4.69, 9.17) is 5.11 Å². The molecule has 1 N–H and O–H groups in total. The molecular formula is C12H14F2O2. The molecule has 0 bridgehead atoms. The standard InChI is InChI=1S/C12H14F2O2/c1-7-4-8(13)11(9(14)5-7)12(2,3)6-10(15)16/h4-5H,6H2,1-3H3,(H,15,16). The number of rotatable bonds is 3. The van der Waals surface area contributed by atoms with Gasteiger partial charge in [0.15, 0.2) is 0 Å². The Morgan fingerprint density at radius 1 is 1.31 bits per heavy atom. The van der Waals surface area contributed by atoms with Gasteiger partial charge in [0.25, 0.3) is 0 Å². The number of hydrogen-bond donors (Lipinski definition) is 1. The largest absolute Gasteiger partial charge is 0.481 e. The fraction of sp³-hybridized carbons (Fsp3) is 0.417. The van der Waals surface area contributed by atoms with Crippen LogP contribution in [0.25, 0.3) is 0 Å². The first-order valence-corrected chi connectivity index (χ1v) is 4.92. The quantitative estimate of drug-likeness (QED) is 0.863. The fourth-order valence-corrected chi connectivity index (χ4v) is 1.81. The molecule has 88 valence electrons. The highest BCUT2D eigenvalue weighted by molar-refractivity contribution is 5.69. The van der Waals surface area contributed by atoms with E-state index in [0.717, 1.165) is 0 Å². The molecule has 0 fully saturated rings. The molecule has 2 nitrogen and oxygen atoms in total. The van der Waals surface area contributed by atoms with E-state index in [0.29, 0.717) is 5.56 Å². The third-order valence-corrected chi connectivity index (χ3v) is 2.46. The number of halogens is 2. The van der Waals surface area contributed by atoms with Crippen molar-refractivity contribution < 1.29 is 18.7 Å². The molecule has 0 saturated carbocycles. The van der Waals surface area contributed by atoms with Crippen LogP contribution in [0.1, 0.15) is 31.4 Å². The fourth-order valence-electron chi connectivity index (χ4n) is 1.81. The normalized spacial score (nSPS) is 11.6. The van der Waals surface area contributed by atoms with Gasteiger partial charge in [-0.1, -0.05) is 13.8 Å². The van der Waals surface area contributed by atoms with Crippen LogP contribution in [0.4, 0.5) is 8.78 Å². The van der Waals surface area contributed by atoms with Crippen molar-refractivity contribution in [2.75, 3.05) is 0 Å². The Morgan fingerprint density at radius 3 is 2.12 bits per heavy atom. The number of hydrogen-bond acceptors (Lipinski definition) is 1. The van der Waals surface area contributed by atoms with Crippen molar-refractivity contribution in [3.8, 4) is 0 Å². The molecule has 0 saturated heterocycles. The first-order valence-electron chi connectivity index (χ1n) is 4.92. The topological polar surface area (TPSA) is 37.3 Å². The zero-order chi connectivity index (χ0) is 12.5. The van der Waals surface area contributed by atoms with Gasteiger partial charge in [-0.2, -0.15) is 0 Å². The second-order valence-electron chi connectivity index (χ2n) is 4.56. The van der Waals surface area contributed by atoms with E-state index >= 15 is 0 Å². The van der Waals surface area contributed by atoms with Gasteiger partial charge < -0.3 is 5.11 Å². The Balaban J connectivity index is 3.27. The maximum atomic E-state index is 13.6. The number of aryl methyl sites for hydroxylation is 1. The summed E-state index contributed by atoms with van der Waals surface area (Å²) in [5.74, 6) is -2.46. The number of carboxylic acid groups (broad SMARTS) is 1. The van der Waals surface area contributed by atoms with Gasteiger partial charge >= 0.3 is 5.97 Å². The Kier molecular flexibility index (Phi) is 3.31. The first kappa shape index (κ1) is 12.6. The molecule has 0 heterocycles. The molecule has 0 aromatic heterocycles. The Hall–Kier alpha value is -1.45. The van der Waals surface area contributed by atoms with Gasteiger partial charge in [0.05, 0.1) is 6.42 Å². The molecule has 1 aromatic carbocycles. The molecule has 16 heavy (non-hydrogen) atoms. The van der Waals surface area contributed by atoms with Crippen molar-refractivity contribution in [1.82, 2.24) is 0 Å². The molecule has 0 aliphatic heterocycles. The molecule has 0 radical (unpaired) electrons. The van der Waals surface area contributed by atoms with Crippen LogP contribution in [-0.4, -0.2) is 11.1 Å². The number of carboxylic acids is 1. The highest BCUT2D eigenvalue weighted by Crippen LogP contribution is 2.32. The maximum Gasteiger partial charge on any atom is 0.304 e. The van der Waals surface area contributed by atoms with E-state index in [1.807, 2.05) is 0 Å². The van der Waals surface area contributed by atoms with Crippen LogP contribution >= 0.6 is 0 Å². The minimum atomic E-state index is -1.08. The van der Waals surface area contributed by atoms with Gasteiger partial charge in [-0.3, -0.25) is 4.79 Å². The zero-order valence-electron chi connectivity index (χ0n) is 9.47. The van der Waals surface area contributed by atoms with Crippen molar-refractivity contribution in [3.63, 3.8) is 0 Å². The molecule has 0 amide bonds. The van der Waals surface area contributed by atoms with Gasteiger partial charge in [-0.05, 0) is 24.6 Å². The third kappa shape index (κ3) is 2.56. The molecular weight excluding hydrogens is 214 g/mol. The van der Waals surface area contributed by atoms with E-state index in [1.165, 1.54) is 26.0 Å². The highest BCUT2D eigenvalue weighted by atomic mass is 19.1. The minimum Gasteiger partial charge on any atom is -0.481 e. The number of benzene rings is 1. The van der Waals surface area contributed by atoms with Gasteiger partial charge in [0.2, 0.25) is 0 Å². The van der Waals surface area contributed by atoms with E-state index in [1.54, 1.807) is 6.92 Å². The Bertz CT molecular complexity index is 402. The Labute approximate surface area is 92.9 Å². The summed E-state index contributed by atoms with van der Waals surface area (Å²) in [5.41, 5.74) is -0.751. The molecule has 0 aliphatic carbocycles. The predicted octanol–water partition coefficient (Wildman–Crippen LogP) is 3.03. The van der Waals surface area contributed by atoms with E-state index in [9.17, 15) is 13.6 Å². The van der Waals surface area contributed by atoms with Crippen LogP contribution in [-0.2, 0) is 10.2 Å². The molecule has 1 rings (SSSR count). The lowest BCUT2D eigenvalue weighted by Crippen LogP contribution is -2.24. The van der Waals surface area contributed by atoms with E-state index in [2.05, 4.69) is 0 Å². The second kappa shape index (κ2) is 4.20. The Morgan fingerprint density at radius 2 is 1.75 bits per heavy atom. The van der Waals surface area contributed by atoms with Crippen molar-refractivity contribution in [1.29, 1.82) is 0 Å². The number of carbonyl (C=O) groups is 1. The van der Waals surface area contributed by atoms with Crippen LogP contribution in [0.2, 0.25) is 0 Å². The summed E-state index contributed by atoms with van der Waals surface area (Å²) in [5, 5.41) is 8.70. The lowest BCUT2D eigenvalue weighted by atomic mass is 9.80. The smallest absolute Gasteiger partial charge is 0.304 e. The van der Waals surface area contributed by atoms with Crippen LogP contribution in [0.3, 0.4) is 0 Å².